The van der Waals surface area contributed by atoms with Gasteiger partial charge >= 0.3 is 5.97 Å². The molecule has 5 nitrogen and oxygen atoms in total. The average Bonchev–Trinajstić information content (AvgIpc) is 2.96. The summed E-state index contributed by atoms with van der Waals surface area (Å²) >= 11 is 1.09. The molecule has 0 radical (unpaired) electrons. The van der Waals surface area contributed by atoms with Crippen molar-refractivity contribution in [2.75, 3.05) is 19.5 Å². The minimum Gasteiger partial charge on any atom is -0.497 e. The van der Waals surface area contributed by atoms with Gasteiger partial charge in [0.25, 0.3) is 5.91 Å². The number of thiophene rings is 1. The third-order valence-electron chi connectivity index (χ3n) is 2.54. The molecular weight excluding hydrogens is 278 g/mol. The number of benzene rings is 1. The molecular formula is C14H13NO4S. The highest BCUT2D eigenvalue weighted by Crippen LogP contribution is 2.21. The highest BCUT2D eigenvalue weighted by Gasteiger charge is 2.14. The van der Waals surface area contributed by atoms with Crippen molar-refractivity contribution in [1.82, 2.24) is 0 Å². The Bertz CT molecular complexity index is 636. The van der Waals surface area contributed by atoms with E-state index in [1.807, 2.05) is 0 Å². The molecule has 1 aromatic heterocycles. The van der Waals surface area contributed by atoms with Crippen LogP contribution in [0.3, 0.4) is 0 Å². The SMILES string of the molecule is COC(=O)c1ccc(C(=O)Nc2cccc(OC)c2)s1. The molecule has 104 valence electrons. The second-order valence-electron chi connectivity index (χ2n) is 3.84. The summed E-state index contributed by atoms with van der Waals surface area (Å²) in [7, 11) is 2.86. The van der Waals surface area contributed by atoms with Gasteiger partial charge in [0.1, 0.15) is 10.6 Å². The number of ether oxygens (including phenoxy) is 2. The van der Waals surface area contributed by atoms with Gasteiger partial charge < -0.3 is 14.8 Å². The van der Waals surface area contributed by atoms with Gasteiger partial charge in [0.05, 0.1) is 19.1 Å². The van der Waals surface area contributed by atoms with E-state index in [2.05, 4.69) is 10.1 Å². The number of amides is 1. The highest BCUT2D eigenvalue weighted by atomic mass is 32.1. The third kappa shape index (κ3) is 3.16. The number of carbonyl (C=O) groups excluding carboxylic acids is 2. The molecule has 0 aliphatic carbocycles. The fourth-order valence-electron chi connectivity index (χ4n) is 1.56. The Morgan fingerprint density at radius 1 is 1.10 bits per heavy atom. The lowest BCUT2D eigenvalue weighted by atomic mass is 10.3. The summed E-state index contributed by atoms with van der Waals surface area (Å²) in [6.45, 7) is 0. The first-order valence-corrected chi connectivity index (χ1v) is 6.59. The van der Waals surface area contributed by atoms with Gasteiger partial charge in [-0.25, -0.2) is 4.79 Å². The maximum absolute atomic E-state index is 12.0. The number of hydrogen-bond acceptors (Lipinski definition) is 5. The number of esters is 1. The smallest absolute Gasteiger partial charge is 0.348 e. The molecule has 0 saturated carbocycles. The van der Waals surface area contributed by atoms with E-state index in [1.54, 1.807) is 43.5 Å². The van der Waals surface area contributed by atoms with Crippen LogP contribution in [0, 0.1) is 0 Å². The van der Waals surface area contributed by atoms with Gasteiger partial charge in [0.15, 0.2) is 0 Å². The van der Waals surface area contributed by atoms with E-state index in [1.165, 1.54) is 7.11 Å². The molecule has 0 aliphatic heterocycles. The van der Waals surface area contributed by atoms with E-state index < -0.39 is 5.97 Å². The Hall–Kier alpha value is -2.34. The molecule has 0 saturated heterocycles. The number of hydrogen-bond donors (Lipinski definition) is 1. The molecule has 0 bridgehead atoms. The van der Waals surface area contributed by atoms with Crippen LogP contribution in [0.15, 0.2) is 36.4 Å². The predicted octanol–water partition coefficient (Wildman–Crippen LogP) is 2.80. The number of rotatable bonds is 4. The first-order chi connectivity index (χ1) is 9.63. The topological polar surface area (TPSA) is 64.6 Å². The second-order valence-corrected chi connectivity index (χ2v) is 4.93. The predicted molar refractivity (Wildman–Crippen MR) is 76.6 cm³/mol. The van der Waals surface area contributed by atoms with Gasteiger partial charge in [-0.15, -0.1) is 11.3 Å². The first kappa shape index (κ1) is 14.1. The summed E-state index contributed by atoms with van der Waals surface area (Å²) in [6, 6.07) is 10.2. The Balaban J connectivity index is 2.11. The number of anilines is 1. The summed E-state index contributed by atoms with van der Waals surface area (Å²) < 4.78 is 9.68. The summed E-state index contributed by atoms with van der Waals surface area (Å²) in [6.07, 6.45) is 0. The molecule has 1 N–H and O–H groups in total. The molecule has 1 amide bonds. The first-order valence-electron chi connectivity index (χ1n) is 5.77. The van der Waals surface area contributed by atoms with Crippen molar-refractivity contribution in [1.29, 1.82) is 0 Å². The largest absolute Gasteiger partial charge is 0.497 e. The van der Waals surface area contributed by atoms with Crippen LogP contribution in [-0.4, -0.2) is 26.1 Å². The number of carbonyl (C=O) groups is 2. The Labute approximate surface area is 120 Å². The van der Waals surface area contributed by atoms with Gasteiger partial charge in [-0.3, -0.25) is 4.79 Å². The molecule has 0 spiro atoms. The van der Waals surface area contributed by atoms with E-state index in [0.717, 1.165) is 11.3 Å². The maximum atomic E-state index is 12.0. The zero-order chi connectivity index (χ0) is 14.5. The van der Waals surface area contributed by atoms with E-state index in [-0.39, 0.29) is 5.91 Å². The monoisotopic (exact) mass is 291 g/mol. The van der Waals surface area contributed by atoms with Gasteiger partial charge in [-0.1, -0.05) is 6.07 Å². The lowest BCUT2D eigenvalue weighted by Crippen LogP contribution is -2.10. The van der Waals surface area contributed by atoms with Crippen molar-refractivity contribution < 1.29 is 19.1 Å². The van der Waals surface area contributed by atoms with Crippen LogP contribution in [0.1, 0.15) is 19.3 Å². The van der Waals surface area contributed by atoms with Crippen molar-refractivity contribution in [3.8, 4) is 5.75 Å². The summed E-state index contributed by atoms with van der Waals surface area (Å²) in [5.74, 6) is -0.0712. The molecule has 20 heavy (non-hydrogen) atoms. The van der Waals surface area contributed by atoms with Crippen molar-refractivity contribution in [2.24, 2.45) is 0 Å². The van der Waals surface area contributed by atoms with Crippen molar-refractivity contribution in [3.05, 3.63) is 46.2 Å². The van der Waals surface area contributed by atoms with Crippen LogP contribution in [0.25, 0.3) is 0 Å². The van der Waals surface area contributed by atoms with Crippen LogP contribution < -0.4 is 10.1 Å². The van der Waals surface area contributed by atoms with Gasteiger partial charge in [0.2, 0.25) is 0 Å². The van der Waals surface area contributed by atoms with Crippen molar-refractivity contribution in [2.45, 2.75) is 0 Å². The Morgan fingerprint density at radius 2 is 1.85 bits per heavy atom. The minimum absolute atomic E-state index is 0.279. The van der Waals surface area contributed by atoms with E-state index in [4.69, 9.17) is 4.74 Å². The molecule has 0 unspecified atom stereocenters. The Morgan fingerprint density at radius 3 is 2.55 bits per heavy atom. The third-order valence-corrected chi connectivity index (χ3v) is 3.61. The summed E-state index contributed by atoms with van der Waals surface area (Å²) in [5.41, 5.74) is 0.627. The van der Waals surface area contributed by atoms with Crippen LogP contribution in [-0.2, 0) is 4.74 Å². The normalized spacial score (nSPS) is 9.90. The summed E-state index contributed by atoms with van der Waals surface area (Å²) in [4.78, 5) is 24.2. The molecule has 2 aromatic rings. The summed E-state index contributed by atoms with van der Waals surface area (Å²) in [5, 5.41) is 2.74. The van der Waals surface area contributed by atoms with E-state index >= 15 is 0 Å². The van der Waals surface area contributed by atoms with Gasteiger partial charge in [0, 0.05) is 11.8 Å². The standard InChI is InChI=1S/C14H13NO4S/c1-18-10-5-3-4-9(8-10)15-13(16)11-6-7-12(20-11)14(17)19-2/h3-8H,1-2H3,(H,15,16). The minimum atomic E-state index is -0.449. The van der Waals surface area contributed by atoms with Crippen molar-refractivity contribution in [3.63, 3.8) is 0 Å². The van der Waals surface area contributed by atoms with Crippen LogP contribution >= 0.6 is 11.3 Å². The average molecular weight is 291 g/mol. The van der Waals surface area contributed by atoms with Crippen molar-refractivity contribution >= 4 is 28.9 Å². The molecule has 1 heterocycles. The zero-order valence-corrected chi connectivity index (χ0v) is 11.8. The Kier molecular flexibility index (Phi) is 4.37. The van der Waals surface area contributed by atoms with E-state index in [0.29, 0.717) is 21.2 Å². The van der Waals surface area contributed by atoms with Gasteiger partial charge in [-0.2, -0.15) is 0 Å². The van der Waals surface area contributed by atoms with Crippen LogP contribution in [0.5, 0.6) is 5.75 Å². The fourth-order valence-corrected chi connectivity index (χ4v) is 2.38. The molecule has 0 aliphatic rings. The van der Waals surface area contributed by atoms with Crippen LogP contribution in [0.2, 0.25) is 0 Å². The molecule has 1 aromatic carbocycles. The number of nitrogens with one attached hydrogen (secondary N) is 1. The van der Waals surface area contributed by atoms with Crippen LogP contribution in [0.4, 0.5) is 5.69 Å². The van der Waals surface area contributed by atoms with Gasteiger partial charge in [-0.05, 0) is 24.3 Å². The lowest BCUT2D eigenvalue weighted by Gasteiger charge is -2.05. The lowest BCUT2D eigenvalue weighted by molar-refractivity contribution is 0.0606. The zero-order valence-electron chi connectivity index (χ0n) is 11.0. The molecule has 0 atom stereocenters. The second kappa shape index (κ2) is 6.21. The molecule has 0 fully saturated rings. The molecule has 2 rings (SSSR count). The maximum Gasteiger partial charge on any atom is 0.348 e. The highest BCUT2D eigenvalue weighted by molar-refractivity contribution is 7.16. The quantitative estimate of drug-likeness (QED) is 0.880. The number of methoxy groups -OCH3 is 2. The molecule has 6 heteroatoms. The fraction of sp³-hybridized carbons (Fsp3) is 0.143. The van der Waals surface area contributed by atoms with E-state index in [9.17, 15) is 9.59 Å².